The van der Waals surface area contributed by atoms with Crippen molar-refractivity contribution < 1.29 is 8.78 Å². The minimum absolute atomic E-state index is 0.211. The first-order chi connectivity index (χ1) is 7.89. The molecule has 94 valence electrons. The molecule has 0 radical (unpaired) electrons. The van der Waals surface area contributed by atoms with Crippen LogP contribution in [-0.4, -0.2) is 5.92 Å². The van der Waals surface area contributed by atoms with Crippen LogP contribution in [0, 0.1) is 0 Å². The van der Waals surface area contributed by atoms with E-state index in [0.717, 1.165) is 38.2 Å². The third-order valence-electron chi connectivity index (χ3n) is 3.51. The van der Waals surface area contributed by atoms with Crippen LogP contribution in [0.3, 0.4) is 0 Å². The minimum Gasteiger partial charge on any atom is -0.321 e. The highest BCUT2D eigenvalue weighted by molar-refractivity contribution is 5.30. The number of alkyl halides is 2. The van der Waals surface area contributed by atoms with Gasteiger partial charge in [0.05, 0.1) is 0 Å². The second kappa shape index (κ2) is 4.37. The number of rotatable bonds is 3. The first kappa shape index (κ1) is 12.5. The van der Waals surface area contributed by atoms with E-state index in [1.54, 1.807) is 6.07 Å². The third-order valence-corrected chi connectivity index (χ3v) is 3.51. The predicted molar refractivity (Wildman–Crippen MR) is 65.1 cm³/mol. The number of benzene rings is 1. The molecular weight excluding hydrogens is 220 g/mol. The summed E-state index contributed by atoms with van der Waals surface area (Å²) >= 11 is 0. The molecule has 0 unspecified atom stereocenters. The zero-order chi connectivity index (χ0) is 12.5. The van der Waals surface area contributed by atoms with Gasteiger partial charge in [0.1, 0.15) is 0 Å². The number of hydrogen-bond donors (Lipinski definition) is 1. The topological polar surface area (TPSA) is 26.0 Å². The molecule has 1 fully saturated rings. The third kappa shape index (κ3) is 3.03. The largest absolute Gasteiger partial charge is 0.321 e. The molecule has 1 aromatic rings. The summed E-state index contributed by atoms with van der Waals surface area (Å²) in [6.07, 6.45) is 3.96. The van der Waals surface area contributed by atoms with E-state index in [-0.39, 0.29) is 12.0 Å². The van der Waals surface area contributed by atoms with E-state index >= 15 is 0 Å². The molecule has 1 aliphatic rings. The summed E-state index contributed by atoms with van der Waals surface area (Å²) in [4.78, 5) is 0. The van der Waals surface area contributed by atoms with Crippen LogP contribution in [0.1, 0.15) is 43.7 Å². The quantitative estimate of drug-likeness (QED) is 0.856. The first-order valence-electron chi connectivity index (χ1n) is 6.15. The number of nitrogens with two attached hydrogens (primary N) is 1. The van der Waals surface area contributed by atoms with Crippen molar-refractivity contribution in [1.29, 1.82) is 0 Å². The van der Waals surface area contributed by atoms with Crippen LogP contribution < -0.4 is 5.73 Å². The summed E-state index contributed by atoms with van der Waals surface area (Å²) in [6, 6.07) is 7.40. The fraction of sp³-hybridized carbons (Fsp3) is 0.571. The SMILES string of the molecule is CC(F)(F)Cc1cccc(C2(N)CCCC2)c1. The molecule has 3 heteroatoms. The van der Waals surface area contributed by atoms with E-state index in [1.165, 1.54) is 0 Å². The molecule has 0 aliphatic heterocycles. The number of hydrogen-bond acceptors (Lipinski definition) is 1. The number of halogens is 2. The van der Waals surface area contributed by atoms with E-state index in [0.29, 0.717) is 5.56 Å². The molecule has 1 nitrogen and oxygen atoms in total. The molecule has 0 heterocycles. The lowest BCUT2D eigenvalue weighted by Crippen LogP contribution is -2.33. The minimum atomic E-state index is -2.66. The smallest absolute Gasteiger partial charge is 0.249 e. The standard InChI is InChI=1S/C14H19F2N/c1-13(15,16)10-11-5-4-6-12(9-11)14(17)7-2-3-8-14/h4-6,9H,2-3,7-8,10,17H2,1H3. The monoisotopic (exact) mass is 239 g/mol. The lowest BCUT2D eigenvalue weighted by Gasteiger charge is -2.25. The van der Waals surface area contributed by atoms with E-state index in [2.05, 4.69) is 0 Å². The molecule has 2 rings (SSSR count). The molecule has 0 amide bonds. The Hall–Kier alpha value is -0.960. The average Bonchev–Trinajstić information content (AvgIpc) is 2.64. The van der Waals surface area contributed by atoms with Crippen molar-refractivity contribution >= 4 is 0 Å². The fourth-order valence-electron chi connectivity index (χ4n) is 2.64. The molecule has 0 atom stereocenters. The van der Waals surface area contributed by atoms with Crippen LogP contribution in [0.2, 0.25) is 0 Å². The lowest BCUT2D eigenvalue weighted by atomic mass is 9.88. The zero-order valence-electron chi connectivity index (χ0n) is 10.2. The maximum Gasteiger partial charge on any atom is 0.249 e. The average molecular weight is 239 g/mol. The van der Waals surface area contributed by atoms with Crippen LogP contribution in [0.15, 0.2) is 24.3 Å². The van der Waals surface area contributed by atoms with Gasteiger partial charge in [0, 0.05) is 12.0 Å². The van der Waals surface area contributed by atoms with Crippen LogP contribution >= 0.6 is 0 Å². The van der Waals surface area contributed by atoms with Crippen molar-refractivity contribution in [1.82, 2.24) is 0 Å². The van der Waals surface area contributed by atoms with Gasteiger partial charge in [-0.3, -0.25) is 0 Å². The Bertz CT molecular complexity index is 389. The van der Waals surface area contributed by atoms with Gasteiger partial charge in [-0.1, -0.05) is 37.1 Å². The summed E-state index contributed by atoms with van der Waals surface area (Å²) < 4.78 is 26.0. The highest BCUT2D eigenvalue weighted by atomic mass is 19.3. The second-order valence-electron chi connectivity index (χ2n) is 5.31. The normalized spacial score (nSPS) is 19.5. The highest BCUT2D eigenvalue weighted by Crippen LogP contribution is 2.36. The van der Waals surface area contributed by atoms with Crippen LogP contribution in [0.4, 0.5) is 8.78 Å². The van der Waals surface area contributed by atoms with Crippen molar-refractivity contribution in [3.63, 3.8) is 0 Å². The highest BCUT2D eigenvalue weighted by Gasteiger charge is 2.31. The van der Waals surface area contributed by atoms with Crippen molar-refractivity contribution in [3.8, 4) is 0 Å². The van der Waals surface area contributed by atoms with E-state index < -0.39 is 5.92 Å². The summed E-state index contributed by atoms with van der Waals surface area (Å²) in [7, 11) is 0. The van der Waals surface area contributed by atoms with Crippen molar-refractivity contribution in [2.45, 2.75) is 50.5 Å². The molecule has 1 aromatic carbocycles. The molecule has 2 N–H and O–H groups in total. The molecule has 1 saturated carbocycles. The molecule has 0 spiro atoms. The van der Waals surface area contributed by atoms with Gasteiger partial charge in [0.2, 0.25) is 5.92 Å². The van der Waals surface area contributed by atoms with Crippen LogP contribution in [-0.2, 0) is 12.0 Å². The first-order valence-corrected chi connectivity index (χ1v) is 6.15. The summed E-state index contributed by atoms with van der Waals surface area (Å²) in [5.74, 6) is -2.66. The van der Waals surface area contributed by atoms with Crippen molar-refractivity contribution in [2.75, 3.05) is 0 Å². The van der Waals surface area contributed by atoms with Gasteiger partial charge in [-0.25, -0.2) is 8.78 Å². The summed E-state index contributed by atoms with van der Waals surface area (Å²) in [5, 5.41) is 0. The second-order valence-corrected chi connectivity index (χ2v) is 5.31. The maximum absolute atomic E-state index is 13.0. The zero-order valence-corrected chi connectivity index (χ0v) is 10.2. The van der Waals surface area contributed by atoms with Crippen LogP contribution in [0.25, 0.3) is 0 Å². The molecule has 0 saturated heterocycles. The van der Waals surface area contributed by atoms with Gasteiger partial charge in [0.15, 0.2) is 0 Å². The molecule has 0 aromatic heterocycles. The predicted octanol–water partition coefficient (Wildman–Crippen LogP) is 3.61. The Morgan fingerprint density at radius 3 is 2.53 bits per heavy atom. The van der Waals surface area contributed by atoms with Gasteiger partial charge >= 0.3 is 0 Å². The Morgan fingerprint density at radius 2 is 1.94 bits per heavy atom. The Morgan fingerprint density at radius 1 is 1.29 bits per heavy atom. The molecule has 0 bridgehead atoms. The van der Waals surface area contributed by atoms with Crippen molar-refractivity contribution in [2.24, 2.45) is 5.73 Å². The van der Waals surface area contributed by atoms with Gasteiger partial charge in [-0.2, -0.15) is 0 Å². The van der Waals surface area contributed by atoms with Gasteiger partial charge in [0.25, 0.3) is 0 Å². The van der Waals surface area contributed by atoms with Gasteiger partial charge < -0.3 is 5.73 Å². The Balaban J connectivity index is 2.22. The van der Waals surface area contributed by atoms with Crippen LogP contribution in [0.5, 0.6) is 0 Å². The Labute approximate surface area is 101 Å². The molecule has 1 aliphatic carbocycles. The molecular formula is C14H19F2N. The fourth-order valence-corrected chi connectivity index (χ4v) is 2.64. The maximum atomic E-state index is 13.0. The Kier molecular flexibility index (Phi) is 3.21. The lowest BCUT2D eigenvalue weighted by molar-refractivity contribution is 0.0226. The van der Waals surface area contributed by atoms with E-state index in [4.69, 9.17) is 5.73 Å². The molecule has 17 heavy (non-hydrogen) atoms. The van der Waals surface area contributed by atoms with E-state index in [1.807, 2.05) is 18.2 Å². The summed E-state index contributed by atoms with van der Waals surface area (Å²) in [5.41, 5.74) is 7.72. The van der Waals surface area contributed by atoms with Crippen molar-refractivity contribution in [3.05, 3.63) is 35.4 Å². The van der Waals surface area contributed by atoms with Gasteiger partial charge in [-0.05, 0) is 30.9 Å². The van der Waals surface area contributed by atoms with E-state index in [9.17, 15) is 8.78 Å². The van der Waals surface area contributed by atoms with Gasteiger partial charge in [-0.15, -0.1) is 0 Å². The summed E-state index contributed by atoms with van der Waals surface area (Å²) in [6.45, 7) is 0.952.